The Bertz CT molecular complexity index is 922. The smallest absolute Gasteiger partial charge is 0.338 e. The number of anilines is 1. The Morgan fingerprint density at radius 1 is 1.28 bits per heavy atom. The van der Waals surface area contributed by atoms with E-state index in [4.69, 9.17) is 0 Å². The van der Waals surface area contributed by atoms with Crippen molar-refractivity contribution >= 4 is 35.2 Å². The summed E-state index contributed by atoms with van der Waals surface area (Å²) in [5.41, 5.74) is 0.435. The molecule has 8 heteroatoms. The molecular formula is C17H11N3O4S. The zero-order valence-corrected chi connectivity index (χ0v) is 13.6. The van der Waals surface area contributed by atoms with Crippen LogP contribution in [0.3, 0.4) is 0 Å². The number of nitriles is 1. The molecule has 0 unspecified atom stereocenters. The van der Waals surface area contributed by atoms with Gasteiger partial charge in [-0.25, -0.2) is 14.7 Å². The fourth-order valence-electron chi connectivity index (χ4n) is 2.49. The molecular weight excluding hydrogens is 342 g/mol. The molecule has 0 aliphatic carbocycles. The third kappa shape index (κ3) is 3.09. The van der Waals surface area contributed by atoms with E-state index >= 15 is 0 Å². The van der Waals surface area contributed by atoms with E-state index < -0.39 is 23.0 Å². The number of imide groups is 1. The Labute approximate surface area is 146 Å². The van der Waals surface area contributed by atoms with Crippen molar-refractivity contribution in [2.75, 3.05) is 4.90 Å². The summed E-state index contributed by atoms with van der Waals surface area (Å²) in [6.45, 7) is 0. The van der Waals surface area contributed by atoms with Crippen LogP contribution in [0.5, 0.6) is 0 Å². The van der Waals surface area contributed by atoms with Crippen LogP contribution in [-0.2, 0) is 9.59 Å². The molecule has 1 saturated heterocycles. The van der Waals surface area contributed by atoms with E-state index in [1.807, 2.05) is 6.07 Å². The molecule has 3 rings (SSSR count). The number of aromatic nitrogens is 1. The van der Waals surface area contributed by atoms with Gasteiger partial charge in [0.1, 0.15) is 11.1 Å². The van der Waals surface area contributed by atoms with Gasteiger partial charge in [-0.15, -0.1) is 0 Å². The van der Waals surface area contributed by atoms with Crippen LogP contribution in [-0.4, -0.2) is 33.1 Å². The third-order valence-corrected chi connectivity index (χ3v) is 4.83. The number of para-hydroxylation sites is 1. The van der Waals surface area contributed by atoms with E-state index in [1.54, 1.807) is 12.1 Å². The highest BCUT2D eigenvalue weighted by molar-refractivity contribution is 8.00. The molecule has 0 radical (unpaired) electrons. The van der Waals surface area contributed by atoms with Crippen LogP contribution >= 0.6 is 11.8 Å². The summed E-state index contributed by atoms with van der Waals surface area (Å²) in [4.78, 5) is 41.2. The van der Waals surface area contributed by atoms with Crippen molar-refractivity contribution in [2.24, 2.45) is 0 Å². The molecule has 25 heavy (non-hydrogen) atoms. The number of carbonyl (C=O) groups is 3. The molecule has 7 nitrogen and oxygen atoms in total. The minimum absolute atomic E-state index is 0.0244. The lowest BCUT2D eigenvalue weighted by molar-refractivity contribution is -0.121. The molecule has 1 N–H and O–H groups in total. The van der Waals surface area contributed by atoms with Gasteiger partial charge in [-0.3, -0.25) is 9.59 Å². The maximum atomic E-state index is 12.7. The average molecular weight is 353 g/mol. The largest absolute Gasteiger partial charge is 0.478 e. The number of carboxylic acid groups (broad SMARTS) is 1. The third-order valence-electron chi connectivity index (χ3n) is 3.63. The highest BCUT2D eigenvalue weighted by Crippen LogP contribution is 2.35. The van der Waals surface area contributed by atoms with Crippen LogP contribution in [0.15, 0.2) is 47.6 Å². The zero-order chi connectivity index (χ0) is 18.0. The van der Waals surface area contributed by atoms with Gasteiger partial charge in [0.25, 0.3) is 0 Å². The van der Waals surface area contributed by atoms with Gasteiger partial charge >= 0.3 is 5.97 Å². The number of hydrogen-bond acceptors (Lipinski definition) is 6. The maximum absolute atomic E-state index is 12.7. The molecule has 0 saturated carbocycles. The average Bonchev–Trinajstić information content (AvgIpc) is 2.88. The van der Waals surface area contributed by atoms with Crippen LogP contribution in [0.25, 0.3) is 0 Å². The molecule has 2 aromatic rings. The van der Waals surface area contributed by atoms with Crippen LogP contribution in [0.4, 0.5) is 5.69 Å². The van der Waals surface area contributed by atoms with Crippen LogP contribution < -0.4 is 4.90 Å². The highest BCUT2D eigenvalue weighted by Gasteiger charge is 2.41. The molecule has 0 spiro atoms. The summed E-state index contributed by atoms with van der Waals surface area (Å²) in [5.74, 6) is -2.07. The topological polar surface area (TPSA) is 111 Å². The van der Waals surface area contributed by atoms with Crippen LogP contribution in [0.2, 0.25) is 0 Å². The van der Waals surface area contributed by atoms with E-state index in [2.05, 4.69) is 4.98 Å². The second kappa shape index (κ2) is 6.75. The first-order valence-electron chi connectivity index (χ1n) is 7.24. The Balaban J connectivity index is 1.90. The molecule has 1 aromatic carbocycles. The van der Waals surface area contributed by atoms with E-state index in [9.17, 15) is 24.8 Å². The first-order valence-corrected chi connectivity index (χ1v) is 8.11. The lowest BCUT2D eigenvalue weighted by Gasteiger charge is -2.16. The van der Waals surface area contributed by atoms with Gasteiger partial charge in [-0.05, 0) is 24.3 Å². The van der Waals surface area contributed by atoms with Gasteiger partial charge in [-0.2, -0.15) is 5.26 Å². The zero-order valence-electron chi connectivity index (χ0n) is 12.7. The number of aromatic carboxylic acids is 1. The number of rotatable bonds is 4. The van der Waals surface area contributed by atoms with Crippen molar-refractivity contribution < 1.29 is 19.5 Å². The van der Waals surface area contributed by atoms with E-state index in [0.717, 1.165) is 16.7 Å². The predicted octanol–water partition coefficient (Wildman–Crippen LogP) is 2.08. The van der Waals surface area contributed by atoms with Crippen molar-refractivity contribution in [3.8, 4) is 6.07 Å². The van der Waals surface area contributed by atoms with Crippen molar-refractivity contribution in [2.45, 2.75) is 16.7 Å². The normalized spacial score (nSPS) is 16.8. The number of amides is 2. The molecule has 1 aliphatic heterocycles. The molecule has 1 fully saturated rings. The molecule has 1 aromatic heterocycles. The molecule has 1 aliphatic rings. The summed E-state index contributed by atoms with van der Waals surface area (Å²) in [5, 5.41) is 17.8. The van der Waals surface area contributed by atoms with E-state index in [1.165, 1.54) is 30.5 Å². The number of nitrogens with zero attached hydrogens (tertiary/aromatic N) is 3. The monoisotopic (exact) mass is 353 g/mol. The number of benzene rings is 1. The molecule has 2 heterocycles. The number of thioether (sulfide) groups is 1. The number of hydrogen-bond donors (Lipinski definition) is 1. The van der Waals surface area contributed by atoms with Gasteiger partial charge in [-0.1, -0.05) is 23.9 Å². The maximum Gasteiger partial charge on any atom is 0.338 e. The second-order valence-electron chi connectivity index (χ2n) is 5.17. The first kappa shape index (κ1) is 16.7. The summed E-state index contributed by atoms with van der Waals surface area (Å²) in [6.07, 6.45) is 1.34. The fourth-order valence-corrected chi connectivity index (χ4v) is 3.60. The summed E-state index contributed by atoms with van der Waals surface area (Å²) in [7, 11) is 0. The standard InChI is InChI=1S/C17H11N3O4S/c18-9-10-4-1-2-6-12(10)20-14(21)8-13(16(20)22)25-15-11(17(23)24)5-3-7-19-15/h1-7,13H,8H2,(H,23,24)/t13-/m0/s1. The van der Waals surface area contributed by atoms with E-state index in [-0.39, 0.29) is 28.3 Å². The Hall–Kier alpha value is -3.18. The highest BCUT2D eigenvalue weighted by atomic mass is 32.2. The van der Waals surface area contributed by atoms with Gasteiger partial charge in [0.15, 0.2) is 0 Å². The summed E-state index contributed by atoms with van der Waals surface area (Å²) in [6, 6.07) is 11.2. The van der Waals surface area contributed by atoms with Crippen molar-refractivity contribution in [1.82, 2.24) is 4.98 Å². The van der Waals surface area contributed by atoms with Crippen molar-refractivity contribution in [3.05, 3.63) is 53.7 Å². The van der Waals surface area contributed by atoms with Crippen LogP contribution in [0, 0.1) is 11.3 Å². The molecule has 0 bridgehead atoms. The minimum atomic E-state index is -1.15. The summed E-state index contributed by atoms with van der Waals surface area (Å²) < 4.78 is 0. The molecule has 2 amide bonds. The molecule has 1 atom stereocenters. The number of pyridine rings is 1. The quantitative estimate of drug-likeness (QED) is 0.838. The van der Waals surface area contributed by atoms with Crippen molar-refractivity contribution in [1.29, 1.82) is 5.26 Å². The Kier molecular flexibility index (Phi) is 4.50. The fraction of sp³-hybridized carbons (Fsp3) is 0.118. The van der Waals surface area contributed by atoms with Crippen molar-refractivity contribution in [3.63, 3.8) is 0 Å². The SMILES string of the molecule is N#Cc1ccccc1N1C(=O)C[C@H](Sc2ncccc2C(=O)O)C1=O. The van der Waals surface area contributed by atoms with Gasteiger partial charge in [0, 0.05) is 12.6 Å². The lowest BCUT2D eigenvalue weighted by atomic mass is 10.2. The van der Waals surface area contributed by atoms with Gasteiger partial charge in [0.05, 0.1) is 22.1 Å². The first-order chi connectivity index (χ1) is 12.0. The number of carboxylic acids is 1. The Morgan fingerprint density at radius 2 is 2.04 bits per heavy atom. The van der Waals surface area contributed by atoms with Gasteiger partial charge < -0.3 is 5.11 Å². The van der Waals surface area contributed by atoms with Gasteiger partial charge in [0.2, 0.25) is 11.8 Å². The number of carbonyl (C=O) groups excluding carboxylic acids is 2. The minimum Gasteiger partial charge on any atom is -0.478 e. The summed E-state index contributed by atoms with van der Waals surface area (Å²) >= 11 is 0.943. The lowest BCUT2D eigenvalue weighted by Crippen LogP contribution is -2.31. The predicted molar refractivity (Wildman–Crippen MR) is 89.1 cm³/mol. The van der Waals surface area contributed by atoms with E-state index in [0.29, 0.717) is 0 Å². The molecule has 124 valence electrons. The Morgan fingerprint density at radius 3 is 2.76 bits per heavy atom. The second-order valence-corrected chi connectivity index (χ2v) is 6.36. The van der Waals surface area contributed by atoms with Crippen LogP contribution in [0.1, 0.15) is 22.3 Å².